The van der Waals surface area contributed by atoms with Crippen molar-refractivity contribution < 1.29 is 4.79 Å². The van der Waals surface area contributed by atoms with Crippen molar-refractivity contribution in [3.63, 3.8) is 0 Å². The van der Waals surface area contributed by atoms with Crippen LogP contribution < -0.4 is 10.6 Å². The Balaban J connectivity index is 2.20. The molecule has 1 amide bonds. The highest BCUT2D eigenvalue weighted by atomic mass is 35.5. The summed E-state index contributed by atoms with van der Waals surface area (Å²) in [4.78, 5) is 12.6. The number of benzene rings is 1. The van der Waals surface area contributed by atoms with Gasteiger partial charge in [-0.15, -0.1) is 0 Å². The number of rotatable bonds is 4. The van der Waals surface area contributed by atoms with Crippen LogP contribution >= 0.6 is 11.6 Å². The third-order valence-electron chi connectivity index (χ3n) is 3.80. The Morgan fingerprint density at radius 3 is 3.00 bits per heavy atom. The van der Waals surface area contributed by atoms with E-state index in [0.29, 0.717) is 22.8 Å². The molecule has 106 valence electrons. The summed E-state index contributed by atoms with van der Waals surface area (Å²) in [6, 6.07) is 6.93. The molecular formula is C15H18ClN3O. The largest absolute Gasteiger partial charge is 0.324 e. The maximum absolute atomic E-state index is 12.6. The lowest BCUT2D eigenvalue weighted by Gasteiger charge is -2.26. The predicted octanol–water partition coefficient (Wildman–Crippen LogP) is 2.93. The van der Waals surface area contributed by atoms with Gasteiger partial charge in [0.25, 0.3) is 0 Å². The van der Waals surface area contributed by atoms with Crippen LogP contribution in [0.5, 0.6) is 0 Å². The van der Waals surface area contributed by atoms with Crippen molar-refractivity contribution in [1.82, 2.24) is 5.32 Å². The van der Waals surface area contributed by atoms with Gasteiger partial charge in [0.2, 0.25) is 5.91 Å². The average molecular weight is 292 g/mol. The lowest BCUT2D eigenvalue weighted by Crippen LogP contribution is -2.38. The molecule has 1 aromatic carbocycles. The van der Waals surface area contributed by atoms with Crippen molar-refractivity contribution in [3.05, 3.63) is 28.8 Å². The van der Waals surface area contributed by atoms with Crippen LogP contribution in [-0.2, 0) is 4.79 Å². The summed E-state index contributed by atoms with van der Waals surface area (Å²) in [5, 5.41) is 15.5. The van der Waals surface area contributed by atoms with E-state index in [9.17, 15) is 4.79 Å². The summed E-state index contributed by atoms with van der Waals surface area (Å²) in [7, 11) is 0. The molecule has 4 nitrogen and oxygen atoms in total. The van der Waals surface area contributed by atoms with Gasteiger partial charge in [0.15, 0.2) is 0 Å². The predicted molar refractivity (Wildman–Crippen MR) is 79.6 cm³/mol. The molecule has 5 heteroatoms. The van der Waals surface area contributed by atoms with Gasteiger partial charge < -0.3 is 10.6 Å². The number of hydrogen-bond acceptors (Lipinski definition) is 3. The number of nitrogens with zero attached hydrogens (tertiary/aromatic N) is 1. The maximum Gasteiger partial charge on any atom is 0.231 e. The molecule has 0 aromatic heterocycles. The normalized spacial score (nSPS) is 21.4. The van der Waals surface area contributed by atoms with Crippen molar-refractivity contribution >= 4 is 23.2 Å². The Hall–Kier alpha value is -1.57. The number of nitrogens with one attached hydrogen (secondary N) is 2. The minimum absolute atomic E-state index is 0.0126. The molecule has 20 heavy (non-hydrogen) atoms. The smallest absolute Gasteiger partial charge is 0.231 e. The van der Waals surface area contributed by atoms with E-state index < -0.39 is 0 Å². The van der Waals surface area contributed by atoms with Crippen LogP contribution in [0.4, 0.5) is 5.69 Å². The number of carbonyl (C=O) groups excluding carboxylic acids is 1. The highest BCUT2D eigenvalue weighted by Crippen LogP contribution is 2.33. The van der Waals surface area contributed by atoms with Gasteiger partial charge in [-0.3, -0.25) is 4.79 Å². The van der Waals surface area contributed by atoms with Crippen molar-refractivity contribution in [1.29, 1.82) is 5.26 Å². The van der Waals surface area contributed by atoms with E-state index >= 15 is 0 Å². The van der Waals surface area contributed by atoms with Gasteiger partial charge in [0.1, 0.15) is 0 Å². The van der Waals surface area contributed by atoms with Gasteiger partial charge >= 0.3 is 0 Å². The molecule has 1 aliphatic rings. The number of hydrogen-bond donors (Lipinski definition) is 2. The van der Waals surface area contributed by atoms with Gasteiger partial charge in [-0.25, -0.2) is 0 Å². The standard InChI is InChI=1S/C15H18ClN3O/c1-2-5-15(6-7-18-10-15)14(20)19-13-8-11(9-17)3-4-12(13)16/h3-4,8,18H,2,5-7,10H2,1H3,(H,19,20). The number of nitriles is 1. The van der Waals surface area contributed by atoms with Gasteiger partial charge in [0.05, 0.1) is 27.8 Å². The van der Waals surface area contributed by atoms with Gasteiger partial charge in [-0.05, 0) is 37.6 Å². The van der Waals surface area contributed by atoms with Crippen molar-refractivity contribution in [2.24, 2.45) is 5.41 Å². The molecular weight excluding hydrogens is 274 g/mol. The number of amides is 1. The molecule has 0 bridgehead atoms. The van der Waals surface area contributed by atoms with E-state index in [2.05, 4.69) is 17.6 Å². The van der Waals surface area contributed by atoms with Crippen molar-refractivity contribution in [2.45, 2.75) is 26.2 Å². The van der Waals surface area contributed by atoms with E-state index in [1.165, 1.54) is 0 Å². The number of carbonyl (C=O) groups is 1. The Morgan fingerprint density at radius 1 is 1.60 bits per heavy atom. The van der Waals surface area contributed by atoms with Crippen LogP contribution in [0.25, 0.3) is 0 Å². The summed E-state index contributed by atoms with van der Waals surface area (Å²) in [6.07, 6.45) is 2.64. The van der Waals surface area contributed by atoms with Crippen LogP contribution in [-0.4, -0.2) is 19.0 Å². The zero-order valence-electron chi connectivity index (χ0n) is 11.5. The van der Waals surface area contributed by atoms with Crippen LogP contribution in [0.3, 0.4) is 0 Å². The van der Waals surface area contributed by atoms with Crippen LogP contribution in [0.2, 0.25) is 5.02 Å². The molecule has 1 unspecified atom stereocenters. The molecule has 1 heterocycles. The Bertz CT molecular complexity index is 545. The number of halogens is 1. The summed E-state index contributed by atoms with van der Waals surface area (Å²) in [5.74, 6) is -0.0126. The summed E-state index contributed by atoms with van der Waals surface area (Å²) in [5.41, 5.74) is 0.637. The minimum atomic E-state index is -0.360. The molecule has 1 saturated heterocycles. The molecule has 0 spiro atoms. The second kappa shape index (κ2) is 6.25. The molecule has 2 N–H and O–H groups in total. The third-order valence-corrected chi connectivity index (χ3v) is 4.13. The Morgan fingerprint density at radius 2 is 2.40 bits per heavy atom. The highest BCUT2D eigenvalue weighted by molar-refractivity contribution is 6.33. The fourth-order valence-electron chi connectivity index (χ4n) is 2.69. The van der Waals surface area contributed by atoms with Crippen LogP contribution in [0.1, 0.15) is 31.7 Å². The first kappa shape index (κ1) is 14.8. The molecule has 0 saturated carbocycles. The van der Waals surface area contributed by atoms with E-state index in [4.69, 9.17) is 16.9 Å². The molecule has 1 fully saturated rings. The molecule has 0 radical (unpaired) electrons. The quantitative estimate of drug-likeness (QED) is 0.896. The minimum Gasteiger partial charge on any atom is -0.324 e. The second-order valence-electron chi connectivity index (χ2n) is 5.22. The van der Waals surface area contributed by atoms with E-state index in [1.807, 2.05) is 6.07 Å². The van der Waals surface area contributed by atoms with E-state index in [0.717, 1.165) is 25.8 Å². The lowest BCUT2D eigenvalue weighted by atomic mass is 9.81. The first-order valence-electron chi connectivity index (χ1n) is 6.83. The van der Waals surface area contributed by atoms with E-state index in [-0.39, 0.29) is 11.3 Å². The molecule has 0 aliphatic carbocycles. The first-order valence-corrected chi connectivity index (χ1v) is 7.21. The summed E-state index contributed by atoms with van der Waals surface area (Å²) < 4.78 is 0. The Labute approximate surface area is 124 Å². The van der Waals surface area contributed by atoms with Crippen LogP contribution in [0.15, 0.2) is 18.2 Å². The molecule has 1 aliphatic heterocycles. The highest BCUT2D eigenvalue weighted by Gasteiger charge is 2.40. The zero-order chi connectivity index (χ0) is 14.6. The fraction of sp³-hybridized carbons (Fsp3) is 0.467. The Kier molecular flexibility index (Phi) is 4.64. The summed E-state index contributed by atoms with van der Waals surface area (Å²) >= 11 is 6.09. The van der Waals surface area contributed by atoms with Gasteiger partial charge in [-0.2, -0.15) is 5.26 Å². The van der Waals surface area contributed by atoms with Gasteiger partial charge in [-0.1, -0.05) is 24.9 Å². The van der Waals surface area contributed by atoms with Gasteiger partial charge in [0, 0.05) is 6.54 Å². The SMILES string of the molecule is CCCC1(C(=O)Nc2cc(C#N)ccc2Cl)CCNC1. The van der Waals surface area contributed by atoms with Crippen molar-refractivity contribution in [2.75, 3.05) is 18.4 Å². The second-order valence-corrected chi connectivity index (χ2v) is 5.62. The fourth-order valence-corrected chi connectivity index (χ4v) is 2.85. The number of anilines is 1. The lowest BCUT2D eigenvalue weighted by molar-refractivity contribution is -0.125. The average Bonchev–Trinajstić information content (AvgIpc) is 2.91. The summed E-state index contributed by atoms with van der Waals surface area (Å²) in [6.45, 7) is 3.64. The van der Waals surface area contributed by atoms with Crippen molar-refractivity contribution in [3.8, 4) is 6.07 Å². The molecule has 1 atom stereocenters. The molecule has 1 aromatic rings. The first-order chi connectivity index (χ1) is 9.61. The van der Waals surface area contributed by atoms with Crippen LogP contribution in [0, 0.1) is 16.7 Å². The van der Waals surface area contributed by atoms with E-state index in [1.54, 1.807) is 18.2 Å². The topological polar surface area (TPSA) is 64.9 Å². The maximum atomic E-state index is 12.6. The molecule has 2 rings (SSSR count). The third kappa shape index (κ3) is 2.95. The zero-order valence-corrected chi connectivity index (χ0v) is 12.3. The monoisotopic (exact) mass is 291 g/mol.